The molecule has 2 aromatic carbocycles. The first-order valence-corrected chi connectivity index (χ1v) is 7.52. The van der Waals surface area contributed by atoms with E-state index >= 15 is 0 Å². The highest BCUT2D eigenvalue weighted by Crippen LogP contribution is 2.31. The van der Waals surface area contributed by atoms with E-state index in [0.29, 0.717) is 6.54 Å². The summed E-state index contributed by atoms with van der Waals surface area (Å²) in [5.74, 6) is 2.19. The van der Waals surface area contributed by atoms with Crippen molar-refractivity contribution in [1.29, 1.82) is 0 Å². The number of anilines is 1. The lowest BCUT2D eigenvalue weighted by Gasteiger charge is -2.14. The quantitative estimate of drug-likeness (QED) is 0.751. The zero-order valence-corrected chi connectivity index (χ0v) is 13.9. The molecule has 1 N–H and O–H groups in total. The molecule has 3 rings (SSSR count). The van der Waals surface area contributed by atoms with Gasteiger partial charge < -0.3 is 14.8 Å². The lowest BCUT2D eigenvalue weighted by atomic mass is 10.1. The number of benzene rings is 2. The SMILES string of the molecule is COc1cccc(CNc2cccc(-n3nnnc3C)c2)c1OC. The van der Waals surface area contributed by atoms with Crippen LogP contribution in [0.15, 0.2) is 42.5 Å². The minimum Gasteiger partial charge on any atom is -0.493 e. The second kappa shape index (κ2) is 6.99. The van der Waals surface area contributed by atoms with Crippen LogP contribution < -0.4 is 14.8 Å². The molecule has 1 aromatic heterocycles. The molecule has 0 atom stereocenters. The van der Waals surface area contributed by atoms with Crippen molar-refractivity contribution in [3.8, 4) is 17.2 Å². The van der Waals surface area contributed by atoms with E-state index in [0.717, 1.165) is 34.3 Å². The van der Waals surface area contributed by atoms with Crippen LogP contribution in [-0.2, 0) is 6.54 Å². The van der Waals surface area contributed by atoms with Gasteiger partial charge in [0.15, 0.2) is 17.3 Å². The van der Waals surface area contributed by atoms with Gasteiger partial charge in [0.1, 0.15) is 0 Å². The topological polar surface area (TPSA) is 74.1 Å². The molecule has 0 unspecified atom stereocenters. The number of hydrogen-bond donors (Lipinski definition) is 1. The third-order valence-electron chi connectivity index (χ3n) is 3.68. The number of aromatic nitrogens is 4. The third kappa shape index (κ3) is 3.15. The zero-order chi connectivity index (χ0) is 16.9. The van der Waals surface area contributed by atoms with Gasteiger partial charge in [-0.05, 0) is 41.6 Å². The first-order valence-electron chi connectivity index (χ1n) is 7.52. The molecule has 7 nitrogen and oxygen atoms in total. The minimum absolute atomic E-state index is 0.610. The summed E-state index contributed by atoms with van der Waals surface area (Å²) in [5, 5.41) is 15.0. The van der Waals surface area contributed by atoms with Gasteiger partial charge in [0, 0.05) is 17.8 Å². The fraction of sp³-hybridized carbons (Fsp3) is 0.235. The van der Waals surface area contributed by atoms with Gasteiger partial charge in [-0.1, -0.05) is 18.2 Å². The number of ether oxygens (including phenoxy) is 2. The Hall–Kier alpha value is -3.09. The highest BCUT2D eigenvalue weighted by molar-refractivity contribution is 5.53. The monoisotopic (exact) mass is 325 g/mol. The van der Waals surface area contributed by atoms with E-state index in [9.17, 15) is 0 Å². The Morgan fingerprint density at radius 1 is 1.08 bits per heavy atom. The number of nitrogens with one attached hydrogen (secondary N) is 1. The largest absolute Gasteiger partial charge is 0.493 e. The number of para-hydroxylation sites is 1. The van der Waals surface area contributed by atoms with Crippen LogP contribution in [0.4, 0.5) is 5.69 Å². The van der Waals surface area contributed by atoms with Crippen molar-refractivity contribution >= 4 is 5.69 Å². The van der Waals surface area contributed by atoms with Crippen LogP contribution in [0.1, 0.15) is 11.4 Å². The molecular formula is C17H19N5O2. The molecule has 0 aliphatic carbocycles. The summed E-state index contributed by atoms with van der Waals surface area (Å²) in [4.78, 5) is 0. The highest BCUT2D eigenvalue weighted by atomic mass is 16.5. The van der Waals surface area contributed by atoms with E-state index < -0.39 is 0 Å². The molecule has 0 saturated carbocycles. The summed E-state index contributed by atoms with van der Waals surface area (Å²) in [7, 11) is 3.27. The maximum atomic E-state index is 5.46. The Balaban J connectivity index is 1.80. The molecule has 0 saturated heterocycles. The number of hydrogen-bond acceptors (Lipinski definition) is 6. The van der Waals surface area contributed by atoms with Crippen molar-refractivity contribution in [3.63, 3.8) is 0 Å². The number of aryl methyl sites for hydroxylation is 1. The molecule has 7 heteroatoms. The van der Waals surface area contributed by atoms with Crippen molar-refractivity contribution in [1.82, 2.24) is 20.2 Å². The van der Waals surface area contributed by atoms with E-state index in [1.807, 2.05) is 49.4 Å². The fourth-order valence-electron chi connectivity index (χ4n) is 2.51. The van der Waals surface area contributed by atoms with E-state index in [2.05, 4.69) is 20.8 Å². The van der Waals surface area contributed by atoms with Gasteiger partial charge in [0.05, 0.1) is 19.9 Å². The van der Waals surface area contributed by atoms with E-state index in [4.69, 9.17) is 9.47 Å². The van der Waals surface area contributed by atoms with Gasteiger partial charge in [-0.2, -0.15) is 4.68 Å². The predicted molar refractivity (Wildman–Crippen MR) is 90.8 cm³/mol. The third-order valence-corrected chi connectivity index (χ3v) is 3.68. The van der Waals surface area contributed by atoms with Crippen LogP contribution in [0.2, 0.25) is 0 Å². The molecule has 124 valence electrons. The van der Waals surface area contributed by atoms with E-state index in [1.165, 1.54) is 0 Å². The first kappa shape index (κ1) is 15.8. The van der Waals surface area contributed by atoms with Crippen LogP contribution in [0.25, 0.3) is 5.69 Å². The van der Waals surface area contributed by atoms with Gasteiger partial charge in [-0.25, -0.2) is 0 Å². The van der Waals surface area contributed by atoms with Crippen molar-refractivity contribution in [2.45, 2.75) is 13.5 Å². The van der Waals surface area contributed by atoms with Crippen molar-refractivity contribution < 1.29 is 9.47 Å². The molecule has 0 aliphatic heterocycles. The molecule has 0 amide bonds. The van der Waals surface area contributed by atoms with Crippen LogP contribution >= 0.6 is 0 Å². The summed E-state index contributed by atoms with van der Waals surface area (Å²) in [5.41, 5.74) is 2.88. The molecule has 1 heterocycles. The van der Waals surface area contributed by atoms with Gasteiger partial charge in [-0.15, -0.1) is 5.10 Å². The normalized spacial score (nSPS) is 10.5. The Morgan fingerprint density at radius 3 is 2.62 bits per heavy atom. The molecule has 24 heavy (non-hydrogen) atoms. The zero-order valence-electron chi connectivity index (χ0n) is 13.9. The van der Waals surface area contributed by atoms with Crippen LogP contribution in [0, 0.1) is 6.92 Å². The summed E-state index contributed by atoms with van der Waals surface area (Å²) in [6, 6.07) is 13.7. The lowest BCUT2D eigenvalue weighted by molar-refractivity contribution is 0.352. The number of rotatable bonds is 6. The molecule has 0 bridgehead atoms. The summed E-state index contributed by atoms with van der Waals surface area (Å²) in [6.45, 7) is 2.47. The van der Waals surface area contributed by atoms with E-state index in [-0.39, 0.29) is 0 Å². The fourth-order valence-corrected chi connectivity index (χ4v) is 2.51. The Bertz CT molecular complexity index is 831. The maximum absolute atomic E-state index is 5.46. The second-order valence-corrected chi connectivity index (χ2v) is 5.19. The summed E-state index contributed by atoms with van der Waals surface area (Å²) < 4.78 is 12.5. The molecule has 0 aliphatic rings. The van der Waals surface area contributed by atoms with Crippen LogP contribution in [0.3, 0.4) is 0 Å². The second-order valence-electron chi connectivity index (χ2n) is 5.19. The average molecular weight is 325 g/mol. The van der Waals surface area contributed by atoms with Crippen LogP contribution in [-0.4, -0.2) is 34.4 Å². The molecular weight excluding hydrogens is 306 g/mol. The van der Waals surface area contributed by atoms with Gasteiger partial charge in [0.2, 0.25) is 0 Å². The van der Waals surface area contributed by atoms with Gasteiger partial charge >= 0.3 is 0 Å². The van der Waals surface area contributed by atoms with Crippen molar-refractivity contribution in [2.24, 2.45) is 0 Å². The lowest BCUT2D eigenvalue weighted by Crippen LogP contribution is -2.04. The number of nitrogens with zero attached hydrogens (tertiary/aromatic N) is 4. The van der Waals surface area contributed by atoms with E-state index in [1.54, 1.807) is 18.9 Å². The predicted octanol–water partition coefficient (Wildman–Crippen LogP) is 2.60. The average Bonchev–Trinajstić information content (AvgIpc) is 3.05. The van der Waals surface area contributed by atoms with Gasteiger partial charge in [-0.3, -0.25) is 0 Å². The maximum Gasteiger partial charge on any atom is 0.165 e. The molecule has 0 radical (unpaired) electrons. The summed E-state index contributed by atoms with van der Waals surface area (Å²) in [6.07, 6.45) is 0. The molecule has 0 fully saturated rings. The highest BCUT2D eigenvalue weighted by Gasteiger charge is 2.09. The van der Waals surface area contributed by atoms with Crippen molar-refractivity contribution in [3.05, 3.63) is 53.9 Å². The molecule has 3 aromatic rings. The van der Waals surface area contributed by atoms with Gasteiger partial charge in [0.25, 0.3) is 0 Å². The summed E-state index contributed by atoms with van der Waals surface area (Å²) >= 11 is 0. The first-order chi connectivity index (χ1) is 11.7. The van der Waals surface area contributed by atoms with Crippen LogP contribution in [0.5, 0.6) is 11.5 Å². The molecule has 0 spiro atoms. The Morgan fingerprint density at radius 2 is 1.92 bits per heavy atom. The standard InChI is InChI=1S/C17H19N5O2/c1-12-19-20-21-22(12)15-8-5-7-14(10-15)18-11-13-6-4-9-16(23-2)17(13)24-3/h4-10,18H,11H2,1-3H3. The number of methoxy groups -OCH3 is 2. The van der Waals surface area contributed by atoms with Crippen molar-refractivity contribution in [2.75, 3.05) is 19.5 Å². The Labute approximate surface area is 140 Å². The smallest absolute Gasteiger partial charge is 0.165 e. The number of tetrazole rings is 1. The Kier molecular flexibility index (Phi) is 4.60. The minimum atomic E-state index is 0.610.